The van der Waals surface area contributed by atoms with Crippen LogP contribution in [0.2, 0.25) is 0 Å². The van der Waals surface area contributed by atoms with E-state index in [-0.39, 0.29) is 5.69 Å². The second kappa shape index (κ2) is 7.58. The van der Waals surface area contributed by atoms with Crippen LogP contribution in [0.5, 0.6) is 0 Å². The summed E-state index contributed by atoms with van der Waals surface area (Å²) in [5.74, 6) is -0.214. The van der Waals surface area contributed by atoms with Crippen molar-refractivity contribution in [3.63, 3.8) is 0 Å². The average Bonchev–Trinajstić information content (AvgIpc) is 3.27. The minimum atomic E-state index is -0.668. The van der Waals surface area contributed by atoms with Crippen LogP contribution < -0.4 is 0 Å². The lowest BCUT2D eigenvalue weighted by molar-refractivity contribution is 0.575. The molecule has 2 heterocycles. The van der Waals surface area contributed by atoms with Crippen molar-refractivity contribution in [3.8, 4) is 17.1 Å². The second-order valence-corrected chi connectivity index (χ2v) is 7.75. The highest BCUT2D eigenvalue weighted by atomic mass is 32.2. The monoisotopic (exact) mass is 400 g/mol. The quantitative estimate of drug-likeness (QED) is 0.428. The first-order valence-corrected chi connectivity index (χ1v) is 9.98. The van der Waals surface area contributed by atoms with E-state index in [0.29, 0.717) is 16.7 Å². The molecule has 0 aliphatic carbocycles. The number of nitrogens with zero attached hydrogens (tertiary/aromatic N) is 4. The van der Waals surface area contributed by atoms with Crippen LogP contribution >= 0.6 is 23.1 Å². The Morgan fingerprint density at radius 3 is 2.59 bits per heavy atom. The van der Waals surface area contributed by atoms with Crippen molar-refractivity contribution in [2.24, 2.45) is 0 Å². The third-order valence-corrected chi connectivity index (χ3v) is 5.62. The summed E-state index contributed by atoms with van der Waals surface area (Å²) in [5.41, 5.74) is 1.93. The number of thiazole rings is 1. The summed E-state index contributed by atoms with van der Waals surface area (Å²) in [6.45, 7) is 1.95. The Hall–Kier alpha value is -2.58. The van der Waals surface area contributed by atoms with Gasteiger partial charge in [0.15, 0.2) is 11.0 Å². The summed E-state index contributed by atoms with van der Waals surface area (Å²) in [5, 5.41) is 12.0. The van der Waals surface area contributed by atoms with Gasteiger partial charge in [-0.1, -0.05) is 42.1 Å². The summed E-state index contributed by atoms with van der Waals surface area (Å²) >= 11 is 2.99. The van der Waals surface area contributed by atoms with Crippen LogP contribution in [0.1, 0.15) is 10.7 Å². The first kappa shape index (κ1) is 17.8. The molecule has 2 aromatic carbocycles. The lowest BCUT2D eigenvalue weighted by Gasteiger charge is -2.11. The molecule has 0 bridgehead atoms. The zero-order valence-electron chi connectivity index (χ0n) is 14.3. The smallest absolute Gasteiger partial charge is 0.196 e. The molecule has 0 fully saturated rings. The van der Waals surface area contributed by atoms with Crippen molar-refractivity contribution in [3.05, 3.63) is 76.2 Å². The van der Waals surface area contributed by atoms with Gasteiger partial charge in [0.2, 0.25) is 0 Å². The Morgan fingerprint density at radius 2 is 1.89 bits per heavy atom. The topological polar surface area (TPSA) is 43.6 Å². The predicted molar refractivity (Wildman–Crippen MR) is 103 cm³/mol. The maximum absolute atomic E-state index is 14.5. The highest BCUT2D eigenvalue weighted by Gasteiger charge is 2.19. The van der Waals surface area contributed by atoms with Crippen LogP contribution in [-0.2, 0) is 5.75 Å². The van der Waals surface area contributed by atoms with Gasteiger partial charge >= 0.3 is 0 Å². The number of aromatic nitrogens is 4. The third-order valence-electron chi connectivity index (χ3n) is 3.83. The van der Waals surface area contributed by atoms with Gasteiger partial charge in [-0.05, 0) is 19.1 Å². The molecule has 4 rings (SSSR count). The maximum atomic E-state index is 14.5. The minimum Gasteiger partial charge on any atom is -0.267 e. The number of rotatable bonds is 5. The van der Waals surface area contributed by atoms with Crippen molar-refractivity contribution in [2.75, 3.05) is 0 Å². The average molecular weight is 400 g/mol. The van der Waals surface area contributed by atoms with E-state index in [9.17, 15) is 8.78 Å². The Morgan fingerprint density at radius 1 is 1.07 bits per heavy atom. The van der Waals surface area contributed by atoms with Gasteiger partial charge in [-0.15, -0.1) is 21.5 Å². The summed E-state index contributed by atoms with van der Waals surface area (Å²) in [4.78, 5) is 4.44. The Bertz CT molecular complexity index is 1080. The van der Waals surface area contributed by atoms with Gasteiger partial charge in [0.1, 0.15) is 11.6 Å². The van der Waals surface area contributed by atoms with Gasteiger partial charge in [0, 0.05) is 22.8 Å². The van der Waals surface area contributed by atoms with Crippen molar-refractivity contribution in [1.29, 1.82) is 0 Å². The van der Waals surface area contributed by atoms with Crippen LogP contribution in [0, 0.1) is 18.6 Å². The molecule has 0 aliphatic heterocycles. The predicted octanol–water partition coefficient (Wildman–Crippen LogP) is 5.27. The van der Waals surface area contributed by atoms with Gasteiger partial charge in [0.25, 0.3) is 0 Å². The van der Waals surface area contributed by atoms with Crippen molar-refractivity contribution >= 4 is 23.1 Å². The molecule has 4 nitrogen and oxygen atoms in total. The largest absolute Gasteiger partial charge is 0.267 e. The van der Waals surface area contributed by atoms with E-state index in [1.165, 1.54) is 23.9 Å². The van der Waals surface area contributed by atoms with Crippen molar-refractivity contribution in [1.82, 2.24) is 19.7 Å². The van der Waals surface area contributed by atoms with E-state index in [0.717, 1.165) is 22.3 Å². The molecule has 0 radical (unpaired) electrons. The van der Waals surface area contributed by atoms with Crippen LogP contribution in [0.15, 0.2) is 59.1 Å². The van der Waals surface area contributed by atoms with Gasteiger partial charge < -0.3 is 0 Å². The van der Waals surface area contributed by atoms with Gasteiger partial charge in [0.05, 0.1) is 16.4 Å². The van der Waals surface area contributed by atoms with E-state index < -0.39 is 11.6 Å². The molecule has 27 heavy (non-hydrogen) atoms. The minimum absolute atomic E-state index is 0.206. The fourth-order valence-corrected chi connectivity index (χ4v) is 4.19. The Labute approximate surface area is 162 Å². The number of hydrogen-bond acceptors (Lipinski definition) is 5. The molecular formula is C19H14F2N4S2. The Balaban J connectivity index is 1.78. The molecule has 0 spiro atoms. The number of benzene rings is 2. The lowest BCUT2D eigenvalue weighted by atomic mass is 10.2. The summed E-state index contributed by atoms with van der Waals surface area (Å²) in [6.07, 6.45) is 0. The number of halogens is 2. The molecule has 0 aliphatic rings. The standard InChI is InChI=1S/C19H14F2N4S2/c1-12-22-15(10-26-12)11-27-19-24-23-18(13-5-3-2-4-6-13)25(19)17-8-7-14(20)9-16(17)21/h2-10H,11H2,1H3. The van der Waals surface area contributed by atoms with Gasteiger partial charge in [-0.3, -0.25) is 4.57 Å². The lowest BCUT2D eigenvalue weighted by Crippen LogP contribution is -2.03. The fourth-order valence-electron chi connectivity index (χ4n) is 2.63. The van der Waals surface area contributed by atoms with E-state index >= 15 is 0 Å². The molecule has 2 aromatic heterocycles. The van der Waals surface area contributed by atoms with Crippen LogP contribution in [0.4, 0.5) is 8.78 Å². The highest BCUT2D eigenvalue weighted by molar-refractivity contribution is 7.98. The summed E-state index contributed by atoms with van der Waals surface area (Å²) in [6, 6.07) is 12.9. The summed E-state index contributed by atoms with van der Waals surface area (Å²) in [7, 11) is 0. The second-order valence-electron chi connectivity index (χ2n) is 5.75. The molecule has 0 N–H and O–H groups in total. The number of hydrogen-bond donors (Lipinski definition) is 0. The number of thioether (sulfide) groups is 1. The molecule has 4 aromatic rings. The fraction of sp³-hybridized carbons (Fsp3) is 0.105. The van der Waals surface area contributed by atoms with Crippen LogP contribution in [-0.4, -0.2) is 19.7 Å². The molecule has 136 valence electrons. The molecule has 0 unspecified atom stereocenters. The first-order chi connectivity index (χ1) is 13.1. The van der Waals surface area contributed by atoms with Gasteiger partial charge in [-0.2, -0.15) is 0 Å². The van der Waals surface area contributed by atoms with Gasteiger partial charge in [-0.25, -0.2) is 13.8 Å². The molecule has 0 saturated carbocycles. The molecule has 8 heteroatoms. The van der Waals surface area contributed by atoms with E-state index in [4.69, 9.17) is 0 Å². The van der Waals surface area contributed by atoms with Crippen LogP contribution in [0.3, 0.4) is 0 Å². The van der Waals surface area contributed by atoms with Crippen molar-refractivity contribution in [2.45, 2.75) is 17.8 Å². The van der Waals surface area contributed by atoms with E-state index in [2.05, 4.69) is 15.2 Å². The molecule has 0 saturated heterocycles. The highest BCUT2D eigenvalue weighted by Crippen LogP contribution is 2.31. The zero-order valence-corrected chi connectivity index (χ0v) is 15.9. The number of aryl methyl sites for hydroxylation is 1. The Kier molecular flexibility index (Phi) is 5.00. The maximum Gasteiger partial charge on any atom is 0.196 e. The third kappa shape index (κ3) is 3.77. The SMILES string of the molecule is Cc1nc(CSc2nnc(-c3ccccc3)n2-c2ccc(F)cc2F)cs1. The zero-order chi connectivity index (χ0) is 18.8. The molecule has 0 atom stereocenters. The molecule has 0 amide bonds. The molecular weight excluding hydrogens is 386 g/mol. The normalized spacial score (nSPS) is 11.1. The first-order valence-electron chi connectivity index (χ1n) is 8.12. The summed E-state index contributed by atoms with van der Waals surface area (Å²) < 4.78 is 29.5. The van der Waals surface area contributed by atoms with Crippen molar-refractivity contribution < 1.29 is 8.78 Å². The van der Waals surface area contributed by atoms with E-state index in [1.807, 2.05) is 42.6 Å². The van der Waals surface area contributed by atoms with E-state index in [1.54, 1.807) is 15.9 Å². The van der Waals surface area contributed by atoms with Crippen LogP contribution in [0.25, 0.3) is 17.1 Å².